The molecule has 3 aromatic rings. The van der Waals surface area contributed by atoms with E-state index >= 15 is 0 Å². The lowest BCUT2D eigenvalue weighted by Crippen LogP contribution is -1.96. The van der Waals surface area contributed by atoms with Crippen molar-refractivity contribution in [3.8, 4) is 0 Å². The van der Waals surface area contributed by atoms with Crippen molar-refractivity contribution in [2.75, 3.05) is 5.32 Å². The van der Waals surface area contributed by atoms with E-state index in [1.165, 1.54) is 6.33 Å². The molecule has 0 fully saturated rings. The Kier molecular flexibility index (Phi) is 3.66. The minimum atomic E-state index is 0.484. The van der Waals surface area contributed by atoms with Gasteiger partial charge < -0.3 is 5.32 Å². The van der Waals surface area contributed by atoms with Crippen LogP contribution in [0, 0.1) is 0 Å². The van der Waals surface area contributed by atoms with Crippen LogP contribution < -0.4 is 5.32 Å². The summed E-state index contributed by atoms with van der Waals surface area (Å²) in [5.41, 5.74) is 1.57. The second-order valence-corrected chi connectivity index (χ2v) is 5.39. The molecule has 0 unspecified atom stereocenters. The first-order valence-electron chi connectivity index (χ1n) is 5.76. The van der Waals surface area contributed by atoms with Crippen molar-refractivity contribution in [3.63, 3.8) is 0 Å². The summed E-state index contributed by atoms with van der Waals surface area (Å²) in [6.07, 6.45) is 1.48. The number of nitrogens with zero attached hydrogens (tertiary/aromatic N) is 2. The number of hydrogen-bond donors (Lipinski definition) is 1. The molecule has 0 aliphatic heterocycles. The largest absolute Gasteiger partial charge is 0.340 e. The van der Waals surface area contributed by atoms with Gasteiger partial charge in [0.2, 0.25) is 0 Å². The van der Waals surface area contributed by atoms with E-state index in [1.807, 2.05) is 12.1 Å². The SMILES string of the molecule is Clc1ccc2c(Nc3ccc(Cl)c(Cl)c3)ncnc2c1. The van der Waals surface area contributed by atoms with Crippen LogP contribution in [0.25, 0.3) is 10.9 Å². The lowest BCUT2D eigenvalue weighted by molar-refractivity contribution is 1.22. The Bertz CT molecular complexity index is 790. The van der Waals surface area contributed by atoms with Crippen LogP contribution in [0.4, 0.5) is 11.5 Å². The Hall–Kier alpha value is -1.55. The first kappa shape index (κ1) is 13.4. The molecule has 100 valence electrons. The monoisotopic (exact) mass is 323 g/mol. The Morgan fingerprint density at radius 2 is 1.70 bits per heavy atom. The van der Waals surface area contributed by atoms with Crippen LogP contribution in [0.5, 0.6) is 0 Å². The second kappa shape index (κ2) is 5.44. The van der Waals surface area contributed by atoms with Gasteiger partial charge in [-0.15, -0.1) is 0 Å². The summed E-state index contributed by atoms with van der Waals surface area (Å²) in [7, 11) is 0. The average Bonchev–Trinajstić information content (AvgIpc) is 2.43. The number of nitrogens with one attached hydrogen (secondary N) is 1. The maximum atomic E-state index is 6.00. The van der Waals surface area contributed by atoms with Crippen molar-refractivity contribution >= 4 is 57.2 Å². The number of anilines is 2. The number of rotatable bonds is 2. The first-order valence-corrected chi connectivity index (χ1v) is 6.89. The fourth-order valence-electron chi connectivity index (χ4n) is 1.84. The summed E-state index contributed by atoms with van der Waals surface area (Å²) in [4.78, 5) is 8.44. The number of fused-ring (bicyclic) bond motifs is 1. The summed E-state index contributed by atoms with van der Waals surface area (Å²) in [6.45, 7) is 0. The Labute approximate surface area is 130 Å². The molecule has 20 heavy (non-hydrogen) atoms. The van der Waals surface area contributed by atoms with E-state index in [0.29, 0.717) is 20.9 Å². The topological polar surface area (TPSA) is 37.8 Å². The molecule has 0 saturated carbocycles. The molecule has 0 bridgehead atoms. The molecule has 2 aromatic carbocycles. The Morgan fingerprint density at radius 1 is 0.850 bits per heavy atom. The van der Waals surface area contributed by atoms with Gasteiger partial charge in [0, 0.05) is 16.1 Å². The molecule has 3 rings (SSSR count). The lowest BCUT2D eigenvalue weighted by Gasteiger charge is -2.09. The highest BCUT2D eigenvalue weighted by molar-refractivity contribution is 6.42. The highest BCUT2D eigenvalue weighted by atomic mass is 35.5. The van der Waals surface area contributed by atoms with Crippen LogP contribution in [-0.4, -0.2) is 9.97 Å². The second-order valence-electron chi connectivity index (χ2n) is 4.14. The standard InChI is InChI=1S/C14H8Cl3N3/c15-8-1-3-10-13(5-8)18-7-19-14(10)20-9-2-4-11(16)12(17)6-9/h1-7H,(H,18,19,20). The predicted octanol–water partition coefficient (Wildman–Crippen LogP) is 5.33. The minimum Gasteiger partial charge on any atom is -0.340 e. The predicted molar refractivity (Wildman–Crippen MR) is 84.3 cm³/mol. The van der Waals surface area contributed by atoms with Gasteiger partial charge >= 0.3 is 0 Å². The molecule has 1 N–H and O–H groups in total. The highest BCUT2D eigenvalue weighted by Crippen LogP contribution is 2.29. The van der Waals surface area contributed by atoms with Gasteiger partial charge in [0.15, 0.2) is 0 Å². The first-order chi connectivity index (χ1) is 9.63. The van der Waals surface area contributed by atoms with E-state index in [9.17, 15) is 0 Å². The molecular formula is C14H8Cl3N3. The van der Waals surface area contributed by atoms with Crippen LogP contribution >= 0.6 is 34.8 Å². The van der Waals surface area contributed by atoms with Crippen LogP contribution in [0.3, 0.4) is 0 Å². The van der Waals surface area contributed by atoms with E-state index in [0.717, 1.165) is 16.6 Å². The maximum absolute atomic E-state index is 6.00. The number of halogens is 3. The van der Waals surface area contributed by atoms with E-state index in [4.69, 9.17) is 34.8 Å². The zero-order valence-corrected chi connectivity index (χ0v) is 12.3. The molecule has 0 amide bonds. The number of aromatic nitrogens is 2. The molecule has 0 aliphatic rings. The average molecular weight is 325 g/mol. The molecule has 0 aliphatic carbocycles. The van der Waals surface area contributed by atoms with Gasteiger partial charge in [-0.3, -0.25) is 0 Å². The quantitative estimate of drug-likeness (QED) is 0.692. The number of benzene rings is 2. The van der Waals surface area contributed by atoms with Crippen molar-refractivity contribution in [2.24, 2.45) is 0 Å². The molecule has 1 heterocycles. The Morgan fingerprint density at radius 3 is 2.50 bits per heavy atom. The van der Waals surface area contributed by atoms with Crippen LogP contribution in [0.1, 0.15) is 0 Å². The molecule has 0 saturated heterocycles. The van der Waals surface area contributed by atoms with E-state index in [2.05, 4.69) is 15.3 Å². The molecule has 6 heteroatoms. The van der Waals surface area contributed by atoms with Crippen molar-refractivity contribution in [1.82, 2.24) is 9.97 Å². The molecule has 3 nitrogen and oxygen atoms in total. The summed E-state index contributed by atoms with van der Waals surface area (Å²) in [5, 5.41) is 5.71. The van der Waals surface area contributed by atoms with Crippen molar-refractivity contribution in [2.45, 2.75) is 0 Å². The van der Waals surface area contributed by atoms with E-state index < -0.39 is 0 Å². The lowest BCUT2D eigenvalue weighted by atomic mass is 10.2. The zero-order valence-electron chi connectivity index (χ0n) is 10.1. The summed E-state index contributed by atoms with van der Waals surface area (Å²) in [5.74, 6) is 0.685. The number of hydrogen-bond acceptors (Lipinski definition) is 3. The maximum Gasteiger partial charge on any atom is 0.141 e. The van der Waals surface area contributed by atoms with Gasteiger partial charge in [-0.2, -0.15) is 0 Å². The smallest absolute Gasteiger partial charge is 0.141 e. The fourth-order valence-corrected chi connectivity index (χ4v) is 2.30. The van der Waals surface area contributed by atoms with E-state index in [-0.39, 0.29) is 0 Å². The van der Waals surface area contributed by atoms with Crippen molar-refractivity contribution < 1.29 is 0 Å². The molecule has 1 aromatic heterocycles. The van der Waals surface area contributed by atoms with Gasteiger partial charge in [-0.25, -0.2) is 9.97 Å². The summed E-state index contributed by atoms with van der Waals surface area (Å²) < 4.78 is 0. The summed E-state index contributed by atoms with van der Waals surface area (Å²) in [6, 6.07) is 10.8. The minimum absolute atomic E-state index is 0.484. The van der Waals surface area contributed by atoms with Crippen molar-refractivity contribution in [1.29, 1.82) is 0 Å². The normalized spacial score (nSPS) is 10.8. The fraction of sp³-hybridized carbons (Fsp3) is 0. The molecule has 0 atom stereocenters. The van der Waals surface area contributed by atoms with Gasteiger partial charge in [-0.1, -0.05) is 34.8 Å². The van der Waals surface area contributed by atoms with Gasteiger partial charge in [0.05, 0.1) is 15.6 Å². The van der Waals surface area contributed by atoms with Crippen LogP contribution in [0.2, 0.25) is 15.1 Å². The molecule has 0 radical (unpaired) electrons. The van der Waals surface area contributed by atoms with Crippen molar-refractivity contribution in [3.05, 3.63) is 57.8 Å². The van der Waals surface area contributed by atoms with E-state index in [1.54, 1.807) is 24.3 Å². The summed E-state index contributed by atoms with van der Waals surface area (Å²) >= 11 is 17.8. The van der Waals surface area contributed by atoms with Gasteiger partial charge in [0.1, 0.15) is 12.1 Å². The Balaban J connectivity index is 2.04. The third kappa shape index (κ3) is 2.66. The van der Waals surface area contributed by atoms with Gasteiger partial charge in [-0.05, 0) is 36.4 Å². The molecular weight excluding hydrogens is 317 g/mol. The third-order valence-corrected chi connectivity index (χ3v) is 3.76. The third-order valence-electron chi connectivity index (χ3n) is 2.78. The zero-order chi connectivity index (χ0) is 14.1. The van der Waals surface area contributed by atoms with Crippen LogP contribution in [-0.2, 0) is 0 Å². The van der Waals surface area contributed by atoms with Gasteiger partial charge in [0.25, 0.3) is 0 Å². The highest BCUT2D eigenvalue weighted by Gasteiger charge is 2.06. The van der Waals surface area contributed by atoms with Crippen LogP contribution in [0.15, 0.2) is 42.7 Å². The molecule has 0 spiro atoms.